The van der Waals surface area contributed by atoms with E-state index in [2.05, 4.69) is 30.3 Å². The Morgan fingerprint density at radius 3 is 2.69 bits per heavy atom. The smallest absolute Gasteiger partial charge is 0.234 e. The minimum atomic E-state index is -1.07. The summed E-state index contributed by atoms with van der Waals surface area (Å²) in [6.07, 6.45) is 5.02. The second kappa shape index (κ2) is 9.24. The van der Waals surface area contributed by atoms with E-state index in [0.717, 1.165) is 62.0 Å². The topological polar surface area (TPSA) is 77.5 Å². The lowest BCUT2D eigenvalue weighted by molar-refractivity contribution is -0.124. The molecule has 2 saturated heterocycles. The zero-order valence-electron chi connectivity index (χ0n) is 17.9. The van der Waals surface area contributed by atoms with Crippen molar-refractivity contribution in [3.05, 3.63) is 36.0 Å². The lowest BCUT2D eigenvalue weighted by Gasteiger charge is -2.22. The number of anilines is 1. The molecule has 6 nitrogen and oxygen atoms in total. The van der Waals surface area contributed by atoms with Crippen molar-refractivity contribution < 1.29 is 9.53 Å². The van der Waals surface area contributed by atoms with Gasteiger partial charge < -0.3 is 25.7 Å². The molecule has 2 aliphatic rings. The van der Waals surface area contributed by atoms with Crippen molar-refractivity contribution in [3.63, 3.8) is 0 Å². The Labute approximate surface area is 175 Å². The molecule has 0 saturated carbocycles. The maximum absolute atomic E-state index is 12.9. The molecular formula is C22H34N4O2Si. The Bertz CT molecular complexity index is 749. The Morgan fingerprint density at radius 2 is 2.07 bits per heavy atom. The molecule has 1 unspecified atom stereocenters. The van der Waals surface area contributed by atoms with Crippen molar-refractivity contribution in [1.29, 1.82) is 5.41 Å². The van der Waals surface area contributed by atoms with Crippen LogP contribution >= 0.6 is 0 Å². The highest BCUT2D eigenvalue weighted by molar-refractivity contribution is 6.76. The second-order valence-corrected chi connectivity index (χ2v) is 14.9. The van der Waals surface area contributed by atoms with Crippen LogP contribution in [-0.4, -0.2) is 53.2 Å². The van der Waals surface area contributed by atoms with Crippen molar-refractivity contribution in [3.8, 4) is 0 Å². The van der Waals surface area contributed by atoms with Crippen molar-refractivity contribution in [2.75, 3.05) is 37.9 Å². The van der Waals surface area contributed by atoms with Crippen LogP contribution in [0.2, 0.25) is 25.7 Å². The van der Waals surface area contributed by atoms with E-state index in [1.807, 2.05) is 35.4 Å². The van der Waals surface area contributed by atoms with Crippen LogP contribution in [0.25, 0.3) is 5.57 Å². The molecule has 0 radical (unpaired) electrons. The largest absolute Gasteiger partial charge is 0.368 e. The number of carbonyl (C=O) groups excluding carboxylic acids is 1. The van der Waals surface area contributed by atoms with Crippen LogP contribution in [-0.2, 0) is 9.53 Å². The van der Waals surface area contributed by atoms with Crippen molar-refractivity contribution >= 4 is 31.5 Å². The van der Waals surface area contributed by atoms with Gasteiger partial charge in [0, 0.05) is 51.4 Å². The SMILES string of the molecule is C[Si](C)(C)CCOCN/C=C(\C=N)c1ccc(N2CCC3(CCNC3)C2=O)cc1. The Balaban J connectivity index is 1.55. The van der Waals surface area contributed by atoms with Gasteiger partial charge in [0.05, 0.1) is 5.41 Å². The molecule has 0 aliphatic carbocycles. The van der Waals surface area contributed by atoms with Gasteiger partial charge in [0.2, 0.25) is 5.91 Å². The monoisotopic (exact) mass is 414 g/mol. The van der Waals surface area contributed by atoms with Gasteiger partial charge in [0.15, 0.2) is 0 Å². The number of benzene rings is 1. The molecule has 7 heteroatoms. The fraction of sp³-hybridized carbons (Fsp3) is 0.545. The van der Waals surface area contributed by atoms with Gasteiger partial charge in [-0.3, -0.25) is 4.79 Å². The second-order valence-electron chi connectivity index (χ2n) is 9.27. The third-order valence-corrected chi connectivity index (χ3v) is 7.57. The molecule has 2 fully saturated rings. The first-order valence-corrected chi connectivity index (χ1v) is 14.2. The summed E-state index contributed by atoms with van der Waals surface area (Å²) in [5.74, 6) is 0.246. The lowest BCUT2D eigenvalue weighted by Crippen LogP contribution is -2.36. The number of nitrogens with zero attached hydrogens (tertiary/aromatic N) is 1. The molecule has 158 valence electrons. The van der Waals surface area contributed by atoms with Gasteiger partial charge in [0.25, 0.3) is 0 Å². The molecule has 29 heavy (non-hydrogen) atoms. The maximum atomic E-state index is 12.9. The number of amides is 1. The van der Waals surface area contributed by atoms with E-state index in [4.69, 9.17) is 10.1 Å². The van der Waals surface area contributed by atoms with Crippen molar-refractivity contribution in [2.45, 2.75) is 38.5 Å². The van der Waals surface area contributed by atoms with Gasteiger partial charge in [-0.15, -0.1) is 0 Å². The first kappa shape index (κ1) is 21.7. The molecule has 1 aromatic rings. The minimum Gasteiger partial charge on any atom is -0.368 e. The summed E-state index contributed by atoms with van der Waals surface area (Å²) in [6.45, 7) is 10.7. The van der Waals surface area contributed by atoms with Gasteiger partial charge in [-0.25, -0.2) is 0 Å². The van der Waals surface area contributed by atoms with Gasteiger partial charge >= 0.3 is 0 Å². The van der Waals surface area contributed by atoms with Gasteiger partial charge in [0.1, 0.15) is 6.73 Å². The highest BCUT2D eigenvalue weighted by Gasteiger charge is 2.48. The predicted octanol–water partition coefficient (Wildman–Crippen LogP) is 3.30. The number of ether oxygens (including phenoxy) is 1. The van der Waals surface area contributed by atoms with E-state index in [9.17, 15) is 4.79 Å². The Kier molecular flexibility index (Phi) is 6.92. The highest BCUT2D eigenvalue weighted by Crippen LogP contribution is 2.39. The summed E-state index contributed by atoms with van der Waals surface area (Å²) in [7, 11) is -1.07. The summed E-state index contributed by atoms with van der Waals surface area (Å²) in [5.41, 5.74) is 2.48. The van der Waals surface area contributed by atoms with E-state index in [1.54, 1.807) is 0 Å². The van der Waals surface area contributed by atoms with Crippen LogP contribution in [0.4, 0.5) is 5.69 Å². The highest BCUT2D eigenvalue weighted by atomic mass is 28.3. The zero-order valence-corrected chi connectivity index (χ0v) is 18.9. The Morgan fingerprint density at radius 1 is 1.31 bits per heavy atom. The normalized spacial score (nSPS) is 22.5. The molecule has 2 aliphatic heterocycles. The van der Waals surface area contributed by atoms with Crippen LogP contribution < -0.4 is 15.5 Å². The van der Waals surface area contributed by atoms with E-state index in [1.165, 1.54) is 6.21 Å². The average molecular weight is 415 g/mol. The van der Waals surface area contributed by atoms with E-state index in [0.29, 0.717) is 6.73 Å². The van der Waals surface area contributed by atoms with Crippen LogP contribution in [0.15, 0.2) is 30.5 Å². The quantitative estimate of drug-likeness (QED) is 0.251. The number of allylic oxidation sites excluding steroid dienone is 1. The number of nitrogens with one attached hydrogen (secondary N) is 3. The number of hydrogen-bond donors (Lipinski definition) is 3. The first-order chi connectivity index (χ1) is 13.8. The molecule has 1 atom stereocenters. The van der Waals surface area contributed by atoms with Crippen LogP contribution in [0, 0.1) is 10.8 Å². The minimum absolute atomic E-state index is 0.196. The van der Waals surface area contributed by atoms with Crippen LogP contribution in [0.1, 0.15) is 18.4 Å². The number of rotatable bonds is 9. The number of carbonyl (C=O) groups is 1. The van der Waals surface area contributed by atoms with Gasteiger partial charge in [-0.2, -0.15) is 0 Å². The fourth-order valence-corrected chi connectivity index (χ4v) is 4.67. The summed E-state index contributed by atoms with van der Waals surface area (Å²) >= 11 is 0. The van der Waals surface area contributed by atoms with Gasteiger partial charge in [-0.1, -0.05) is 31.8 Å². The van der Waals surface area contributed by atoms with E-state index in [-0.39, 0.29) is 11.3 Å². The fourth-order valence-electron chi connectivity index (χ4n) is 3.91. The third-order valence-electron chi connectivity index (χ3n) is 5.86. The average Bonchev–Trinajstić information content (AvgIpc) is 3.29. The van der Waals surface area contributed by atoms with E-state index >= 15 is 0 Å². The molecule has 3 N–H and O–H groups in total. The molecular weight excluding hydrogens is 380 g/mol. The van der Waals surface area contributed by atoms with E-state index < -0.39 is 8.07 Å². The molecule has 1 amide bonds. The predicted molar refractivity (Wildman–Crippen MR) is 122 cm³/mol. The first-order valence-electron chi connectivity index (χ1n) is 10.5. The van der Waals surface area contributed by atoms with Crippen LogP contribution in [0.3, 0.4) is 0 Å². The Hall–Kier alpha value is -1.96. The van der Waals surface area contributed by atoms with Crippen molar-refractivity contribution in [1.82, 2.24) is 10.6 Å². The molecule has 0 bridgehead atoms. The molecule has 1 spiro atoms. The summed E-state index contributed by atoms with van der Waals surface area (Å²) < 4.78 is 5.64. The molecule has 1 aromatic carbocycles. The standard InChI is InChI=1S/C22H34N4O2Si/c1-29(2,3)13-12-28-17-25-15-19(14-23)18-4-6-20(7-5-18)26-11-9-22(21(26)27)8-10-24-16-22/h4-7,14-15,23-25H,8-13,16-17H2,1-3H3/b19-15+,23-14?. The lowest BCUT2D eigenvalue weighted by atomic mass is 9.86. The molecule has 3 rings (SSSR count). The molecule has 0 aromatic heterocycles. The summed E-state index contributed by atoms with van der Waals surface area (Å²) in [6, 6.07) is 9.06. The third kappa shape index (κ3) is 5.35. The summed E-state index contributed by atoms with van der Waals surface area (Å²) in [4.78, 5) is 14.8. The van der Waals surface area contributed by atoms with Crippen molar-refractivity contribution in [2.24, 2.45) is 5.41 Å². The number of hydrogen-bond acceptors (Lipinski definition) is 5. The molecule has 2 heterocycles. The maximum Gasteiger partial charge on any atom is 0.234 e. The zero-order chi connectivity index (χ0) is 20.9. The summed E-state index contributed by atoms with van der Waals surface area (Å²) in [5, 5.41) is 14.2. The van der Waals surface area contributed by atoms with Gasteiger partial charge in [-0.05, 0) is 43.1 Å². The van der Waals surface area contributed by atoms with Crippen LogP contribution in [0.5, 0.6) is 0 Å².